The van der Waals surface area contributed by atoms with Gasteiger partial charge in [0.2, 0.25) is 0 Å². The van der Waals surface area contributed by atoms with Crippen LogP contribution in [0.1, 0.15) is 64.3 Å². The topological polar surface area (TPSA) is 77.8 Å². The predicted octanol–water partition coefficient (Wildman–Crippen LogP) is 3.36. The minimum Gasteiger partial charge on any atom is -0.591 e. The van der Waals surface area contributed by atoms with E-state index in [9.17, 15) is 9.35 Å². The molecule has 0 N–H and O–H groups in total. The Kier molecular flexibility index (Phi) is 4.13. The fourth-order valence-corrected chi connectivity index (χ4v) is 5.40. The summed E-state index contributed by atoms with van der Waals surface area (Å²) < 4.78 is 22.5. The number of aromatic nitrogens is 1. The molecule has 7 heteroatoms. The van der Waals surface area contributed by atoms with Crippen molar-refractivity contribution in [1.82, 2.24) is 9.88 Å². The van der Waals surface area contributed by atoms with Gasteiger partial charge in [-0.2, -0.15) is 0 Å². The van der Waals surface area contributed by atoms with Crippen molar-refractivity contribution >= 4 is 23.2 Å². The molecule has 1 aromatic heterocycles. The van der Waals surface area contributed by atoms with E-state index in [0.29, 0.717) is 13.1 Å². The smallest absolute Gasteiger partial charge is 0.410 e. The van der Waals surface area contributed by atoms with Gasteiger partial charge in [0.05, 0.1) is 5.69 Å². The first-order chi connectivity index (χ1) is 12.5. The molecular weight excluding hydrogens is 362 g/mol. The predicted molar refractivity (Wildman–Crippen MR) is 105 cm³/mol. The fraction of sp³-hybridized carbons (Fsp3) is 0.650. The first-order valence-electron chi connectivity index (χ1n) is 9.51. The number of likely N-dealkylation sites (tertiary alicyclic amines) is 1. The summed E-state index contributed by atoms with van der Waals surface area (Å²) in [6.45, 7) is 10.8. The van der Waals surface area contributed by atoms with Crippen LogP contribution in [0, 0.1) is 5.41 Å². The lowest BCUT2D eigenvalue weighted by Crippen LogP contribution is -2.48. The molecule has 3 heterocycles. The van der Waals surface area contributed by atoms with Crippen LogP contribution in [-0.4, -0.2) is 44.9 Å². The normalized spacial score (nSPS) is 25.2. The maximum atomic E-state index is 12.8. The van der Waals surface area contributed by atoms with E-state index in [1.54, 1.807) is 4.90 Å². The van der Waals surface area contributed by atoms with Gasteiger partial charge in [0.1, 0.15) is 22.7 Å². The molecule has 0 unspecified atom stereocenters. The molecule has 6 nitrogen and oxygen atoms in total. The zero-order valence-electron chi connectivity index (χ0n) is 16.7. The average Bonchev–Trinajstić information content (AvgIpc) is 2.86. The molecule has 0 aromatic carbocycles. The van der Waals surface area contributed by atoms with Crippen molar-refractivity contribution in [2.24, 2.45) is 9.81 Å². The lowest BCUT2D eigenvalue weighted by Gasteiger charge is -2.40. The Bertz CT molecular complexity index is 820. The number of amides is 1. The molecule has 0 radical (unpaired) electrons. The second-order valence-electron chi connectivity index (χ2n) is 9.30. The van der Waals surface area contributed by atoms with E-state index in [1.807, 2.05) is 46.9 Å². The molecule has 1 amide bonds. The molecular formula is C20H27N3O3S. The van der Waals surface area contributed by atoms with Gasteiger partial charge in [-0.25, -0.2) is 4.79 Å². The van der Waals surface area contributed by atoms with Crippen LogP contribution in [0.2, 0.25) is 0 Å². The summed E-state index contributed by atoms with van der Waals surface area (Å²) in [4.78, 5) is 18.8. The van der Waals surface area contributed by atoms with Crippen LogP contribution in [0.25, 0.3) is 0 Å². The third-order valence-electron chi connectivity index (χ3n) is 5.91. The second kappa shape index (κ2) is 5.95. The van der Waals surface area contributed by atoms with E-state index in [4.69, 9.17) is 4.74 Å². The van der Waals surface area contributed by atoms with Crippen molar-refractivity contribution in [3.63, 3.8) is 0 Å². The summed E-state index contributed by atoms with van der Waals surface area (Å²) >= 11 is -1.31. The van der Waals surface area contributed by atoms with Crippen molar-refractivity contribution < 1.29 is 14.1 Å². The van der Waals surface area contributed by atoms with Crippen molar-refractivity contribution in [3.05, 3.63) is 29.1 Å². The number of fused-ring (bicyclic) bond motifs is 1. The quantitative estimate of drug-likeness (QED) is 0.638. The maximum absolute atomic E-state index is 12.8. The first kappa shape index (κ1) is 18.7. The highest BCUT2D eigenvalue weighted by atomic mass is 32.2. The van der Waals surface area contributed by atoms with Gasteiger partial charge in [-0.3, -0.25) is 4.98 Å². The third kappa shape index (κ3) is 2.95. The van der Waals surface area contributed by atoms with Crippen LogP contribution in [0.5, 0.6) is 0 Å². The maximum Gasteiger partial charge on any atom is 0.410 e. The van der Waals surface area contributed by atoms with Crippen LogP contribution in [0.4, 0.5) is 4.79 Å². The number of carbonyl (C=O) groups excluding carboxylic acids is 1. The molecule has 1 aromatic rings. The molecule has 1 saturated heterocycles. The van der Waals surface area contributed by atoms with Crippen LogP contribution >= 0.6 is 0 Å². The van der Waals surface area contributed by atoms with Gasteiger partial charge in [0.25, 0.3) is 0 Å². The van der Waals surface area contributed by atoms with Crippen molar-refractivity contribution in [1.29, 1.82) is 0 Å². The van der Waals surface area contributed by atoms with Crippen LogP contribution in [0.15, 0.2) is 16.7 Å². The molecule has 0 bridgehead atoms. The molecule has 1 fully saturated rings. The second-order valence-corrected chi connectivity index (χ2v) is 11.0. The average molecular weight is 390 g/mol. The number of hydrogen-bond donors (Lipinski definition) is 0. The van der Waals surface area contributed by atoms with Gasteiger partial charge < -0.3 is 14.2 Å². The van der Waals surface area contributed by atoms with Crippen LogP contribution in [0.3, 0.4) is 0 Å². The number of rotatable bonds is 0. The van der Waals surface area contributed by atoms with Crippen molar-refractivity contribution in [2.75, 3.05) is 13.1 Å². The minimum atomic E-state index is -1.31. The molecule has 27 heavy (non-hydrogen) atoms. The largest absolute Gasteiger partial charge is 0.591 e. The number of nitrogens with zero attached hydrogens (tertiary/aromatic N) is 3. The third-order valence-corrected chi connectivity index (χ3v) is 7.35. The summed E-state index contributed by atoms with van der Waals surface area (Å²) in [5.41, 5.74) is 3.53. The SMILES string of the molecule is CC(C)(C)OC(=O)N1CCC2(CC1)Cc1nccc3c1C2=N[S@+]([O-])C3(C)C. The fourth-order valence-electron chi connectivity index (χ4n) is 4.37. The molecule has 2 aliphatic heterocycles. The first-order valence-corrected chi connectivity index (χ1v) is 10.6. The Hall–Kier alpha value is -1.60. The van der Waals surface area contributed by atoms with Crippen molar-refractivity contribution in [2.45, 2.75) is 64.2 Å². The summed E-state index contributed by atoms with van der Waals surface area (Å²) in [6, 6.07) is 1.99. The van der Waals surface area contributed by atoms with Crippen LogP contribution in [-0.2, 0) is 27.3 Å². The van der Waals surface area contributed by atoms with Crippen LogP contribution < -0.4 is 0 Å². The Morgan fingerprint density at radius 2 is 1.96 bits per heavy atom. The molecule has 1 aliphatic carbocycles. The Balaban J connectivity index is 1.61. The number of carbonyl (C=O) groups is 1. The molecule has 1 atom stereocenters. The standard InChI is InChI=1S/C20H27N3O3S/c1-18(2,3)26-17(24)23-10-7-20(8-11-23)12-14-15-13(6-9-21-14)19(4,5)27(25)22-16(15)20/h6,9H,7-8,10-12H2,1-5H3/t27-/m1/s1. The lowest BCUT2D eigenvalue weighted by molar-refractivity contribution is 0.0159. The lowest BCUT2D eigenvalue weighted by atomic mass is 9.74. The van der Waals surface area contributed by atoms with E-state index in [-0.39, 0.29) is 11.5 Å². The molecule has 1 spiro atoms. The summed E-state index contributed by atoms with van der Waals surface area (Å²) in [5, 5.41) is 0. The van der Waals surface area contributed by atoms with Gasteiger partial charge in [-0.15, -0.1) is 0 Å². The zero-order valence-corrected chi connectivity index (χ0v) is 17.5. The number of piperidine rings is 1. The van der Waals surface area contributed by atoms with Gasteiger partial charge in [0, 0.05) is 42.2 Å². The summed E-state index contributed by atoms with van der Waals surface area (Å²) in [7, 11) is 0. The number of pyridine rings is 1. The molecule has 4 rings (SSSR count). The summed E-state index contributed by atoms with van der Waals surface area (Å²) in [6.07, 6.45) is 3.95. The monoisotopic (exact) mass is 389 g/mol. The highest BCUT2D eigenvalue weighted by Gasteiger charge is 2.54. The molecule has 0 saturated carbocycles. The van der Waals surface area contributed by atoms with E-state index in [0.717, 1.165) is 41.8 Å². The molecule has 3 aliphatic rings. The number of ether oxygens (including phenoxy) is 1. The van der Waals surface area contributed by atoms with E-state index in [2.05, 4.69) is 9.38 Å². The van der Waals surface area contributed by atoms with Gasteiger partial charge in [-0.05, 0) is 53.5 Å². The highest BCUT2D eigenvalue weighted by molar-refractivity contribution is 7.91. The highest BCUT2D eigenvalue weighted by Crippen LogP contribution is 2.51. The van der Waals surface area contributed by atoms with Gasteiger partial charge in [-0.1, -0.05) is 4.40 Å². The minimum absolute atomic E-state index is 0.171. The number of hydrogen-bond acceptors (Lipinski definition) is 5. The van der Waals surface area contributed by atoms with E-state index in [1.165, 1.54) is 0 Å². The van der Waals surface area contributed by atoms with Gasteiger partial charge >= 0.3 is 6.09 Å². The van der Waals surface area contributed by atoms with Crippen molar-refractivity contribution in [3.8, 4) is 0 Å². The van der Waals surface area contributed by atoms with Gasteiger partial charge in [0.15, 0.2) is 4.75 Å². The molecule has 146 valence electrons. The Morgan fingerprint density at radius 1 is 1.30 bits per heavy atom. The Morgan fingerprint density at radius 3 is 2.59 bits per heavy atom. The van der Waals surface area contributed by atoms with E-state index < -0.39 is 21.7 Å². The summed E-state index contributed by atoms with van der Waals surface area (Å²) in [5.74, 6) is 0. The van der Waals surface area contributed by atoms with E-state index >= 15 is 0 Å². The zero-order chi connectivity index (χ0) is 19.6. The Labute approximate surface area is 163 Å².